The van der Waals surface area contributed by atoms with E-state index in [0.29, 0.717) is 13.0 Å². The Morgan fingerprint density at radius 1 is 1.29 bits per heavy atom. The molecule has 1 heterocycles. The molecule has 1 aromatic heterocycles. The summed E-state index contributed by atoms with van der Waals surface area (Å²) < 4.78 is 2.21. The van der Waals surface area contributed by atoms with Crippen LogP contribution in [0.3, 0.4) is 0 Å². The molecule has 0 saturated heterocycles. The van der Waals surface area contributed by atoms with E-state index < -0.39 is 0 Å². The minimum absolute atomic E-state index is 0.613. The highest BCUT2D eigenvalue weighted by Gasteiger charge is 2.02. The predicted molar refractivity (Wildman–Crippen MR) is 69.5 cm³/mol. The van der Waals surface area contributed by atoms with Gasteiger partial charge in [0.1, 0.15) is 0 Å². The first-order chi connectivity index (χ1) is 8.35. The van der Waals surface area contributed by atoms with Gasteiger partial charge in [-0.15, -0.1) is 0 Å². The minimum Gasteiger partial charge on any atom is -0.347 e. The number of nitriles is 1. The van der Waals surface area contributed by atoms with Crippen LogP contribution in [0.25, 0.3) is 10.9 Å². The lowest BCUT2D eigenvalue weighted by Gasteiger charge is -2.05. The van der Waals surface area contributed by atoms with Crippen molar-refractivity contribution in [3.05, 3.63) is 36.0 Å². The molecule has 2 aromatic rings. The second-order valence-corrected chi connectivity index (χ2v) is 4.20. The molecule has 0 amide bonds. The summed E-state index contributed by atoms with van der Waals surface area (Å²) in [6.07, 6.45) is 4.52. The molecule has 0 radical (unpaired) electrons. The number of aromatic nitrogens is 1. The number of rotatable bonds is 5. The lowest BCUT2D eigenvalue weighted by Crippen LogP contribution is -2.03. The number of hydrogen-bond donors (Lipinski definition) is 1. The van der Waals surface area contributed by atoms with Crippen LogP contribution in [0.1, 0.15) is 18.4 Å². The van der Waals surface area contributed by atoms with Gasteiger partial charge in [0, 0.05) is 24.7 Å². The fourth-order valence-electron chi connectivity index (χ4n) is 2.08. The van der Waals surface area contributed by atoms with Crippen LogP contribution in [-0.2, 0) is 13.0 Å². The van der Waals surface area contributed by atoms with Gasteiger partial charge in [0.15, 0.2) is 0 Å². The molecular formula is C14H17N3. The highest BCUT2D eigenvalue weighted by molar-refractivity contribution is 5.80. The largest absolute Gasteiger partial charge is 0.347 e. The number of aryl methyl sites for hydroxylation is 1. The molecule has 2 rings (SSSR count). The smallest absolute Gasteiger partial charge is 0.0622 e. The second-order valence-electron chi connectivity index (χ2n) is 4.20. The monoisotopic (exact) mass is 227 g/mol. The van der Waals surface area contributed by atoms with E-state index in [1.165, 1.54) is 16.5 Å². The standard InChI is InChI=1S/C14H17N3/c15-7-1-2-9-17-10-6-13-4-3-12(5-8-16)11-14(13)17/h3-4,6,10-11H,1-2,5,8-9,16H2. The molecule has 0 bridgehead atoms. The van der Waals surface area contributed by atoms with Crippen LogP contribution >= 0.6 is 0 Å². The van der Waals surface area contributed by atoms with Gasteiger partial charge >= 0.3 is 0 Å². The van der Waals surface area contributed by atoms with Crippen molar-refractivity contribution in [2.75, 3.05) is 6.54 Å². The normalized spacial score (nSPS) is 10.6. The summed E-state index contributed by atoms with van der Waals surface area (Å²) in [5, 5.41) is 9.80. The quantitative estimate of drug-likeness (QED) is 0.798. The van der Waals surface area contributed by atoms with Gasteiger partial charge in [0.05, 0.1) is 6.07 Å². The average molecular weight is 227 g/mol. The number of nitrogens with zero attached hydrogens (tertiary/aromatic N) is 2. The molecule has 0 fully saturated rings. The molecular weight excluding hydrogens is 210 g/mol. The highest BCUT2D eigenvalue weighted by atomic mass is 14.9. The van der Waals surface area contributed by atoms with Crippen molar-refractivity contribution < 1.29 is 0 Å². The minimum atomic E-state index is 0.613. The van der Waals surface area contributed by atoms with Gasteiger partial charge in [-0.1, -0.05) is 12.1 Å². The van der Waals surface area contributed by atoms with Gasteiger partial charge in [0.2, 0.25) is 0 Å². The van der Waals surface area contributed by atoms with Crippen molar-refractivity contribution in [2.45, 2.75) is 25.8 Å². The number of unbranched alkanes of at least 4 members (excludes halogenated alkanes) is 1. The van der Waals surface area contributed by atoms with Gasteiger partial charge < -0.3 is 10.3 Å². The van der Waals surface area contributed by atoms with E-state index in [1.54, 1.807) is 0 Å². The molecule has 1 aromatic carbocycles. The fourth-order valence-corrected chi connectivity index (χ4v) is 2.08. The molecule has 3 nitrogen and oxygen atoms in total. The Bertz CT molecular complexity index is 534. The van der Waals surface area contributed by atoms with Crippen molar-refractivity contribution in [2.24, 2.45) is 5.73 Å². The molecule has 3 heteroatoms. The molecule has 0 atom stereocenters. The number of benzene rings is 1. The maximum Gasteiger partial charge on any atom is 0.0622 e. The summed E-state index contributed by atoms with van der Waals surface area (Å²) in [5.41, 5.74) is 8.10. The maximum absolute atomic E-state index is 8.55. The van der Waals surface area contributed by atoms with E-state index in [9.17, 15) is 0 Å². The number of hydrogen-bond acceptors (Lipinski definition) is 2. The predicted octanol–water partition coefficient (Wildman–Crippen LogP) is 2.45. The van der Waals surface area contributed by atoms with Crippen molar-refractivity contribution in [3.8, 4) is 6.07 Å². The van der Waals surface area contributed by atoms with E-state index in [0.717, 1.165) is 19.4 Å². The third-order valence-corrected chi connectivity index (χ3v) is 2.96. The van der Waals surface area contributed by atoms with Crippen molar-refractivity contribution >= 4 is 10.9 Å². The molecule has 0 unspecified atom stereocenters. The lowest BCUT2D eigenvalue weighted by atomic mass is 10.1. The fraction of sp³-hybridized carbons (Fsp3) is 0.357. The Labute approximate surface area is 101 Å². The molecule has 88 valence electrons. The Balaban J connectivity index is 2.24. The zero-order valence-corrected chi connectivity index (χ0v) is 9.89. The van der Waals surface area contributed by atoms with Crippen LogP contribution in [0.2, 0.25) is 0 Å². The summed E-state index contributed by atoms with van der Waals surface area (Å²) in [6, 6.07) is 10.8. The van der Waals surface area contributed by atoms with Crippen LogP contribution in [0.5, 0.6) is 0 Å². The zero-order valence-electron chi connectivity index (χ0n) is 9.89. The first-order valence-corrected chi connectivity index (χ1v) is 6.00. The molecule has 0 aliphatic carbocycles. The summed E-state index contributed by atoms with van der Waals surface area (Å²) in [7, 11) is 0. The Kier molecular flexibility index (Phi) is 3.79. The number of nitrogens with two attached hydrogens (primary N) is 1. The molecule has 0 saturated carbocycles. The third-order valence-electron chi connectivity index (χ3n) is 2.96. The van der Waals surface area contributed by atoms with Gasteiger partial charge in [-0.3, -0.25) is 0 Å². The van der Waals surface area contributed by atoms with Gasteiger partial charge in [-0.25, -0.2) is 0 Å². The van der Waals surface area contributed by atoms with Crippen molar-refractivity contribution in [1.29, 1.82) is 5.26 Å². The first kappa shape index (κ1) is 11.7. The van der Waals surface area contributed by atoms with Gasteiger partial charge in [0.25, 0.3) is 0 Å². The van der Waals surface area contributed by atoms with E-state index in [4.69, 9.17) is 11.0 Å². The lowest BCUT2D eigenvalue weighted by molar-refractivity contribution is 0.674. The summed E-state index contributed by atoms with van der Waals surface area (Å²) >= 11 is 0. The topological polar surface area (TPSA) is 54.7 Å². The summed E-state index contributed by atoms with van der Waals surface area (Å²) in [6.45, 7) is 1.59. The molecule has 0 spiro atoms. The Hall–Kier alpha value is -1.79. The Morgan fingerprint density at radius 2 is 2.18 bits per heavy atom. The maximum atomic E-state index is 8.55. The molecule has 2 N–H and O–H groups in total. The Morgan fingerprint density at radius 3 is 2.94 bits per heavy atom. The zero-order chi connectivity index (χ0) is 12.1. The first-order valence-electron chi connectivity index (χ1n) is 6.00. The van der Waals surface area contributed by atoms with E-state index >= 15 is 0 Å². The van der Waals surface area contributed by atoms with Crippen molar-refractivity contribution in [3.63, 3.8) is 0 Å². The molecule has 0 aliphatic heterocycles. The molecule has 0 aliphatic rings. The third kappa shape index (κ3) is 2.66. The number of fused-ring (bicyclic) bond motifs is 1. The van der Waals surface area contributed by atoms with Crippen LogP contribution < -0.4 is 5.73 Å². The summed E-state index contributed by atoms with van der Waals surface area (Å²) in [5.74, 6) is 0. The van der Waals surface area contributed by atoms with Crippen molar-refractivity contribution in [1.82, 2.24) is 4.57 Å². The van der Waals surface area contributed by atoms with Crippen LogP contribution in [0.4, 0.5) is 0 Å². The van der Waals surface area contributed by atoms with Gasteiger partial charge in [-0.05, 0) is 42.5 Å². The average Bonchev–Trinajstić information content (AvgIpc) is 2.73. The SMILES string of the molecule is N#CCCCn1ccc2ccc(CCN)cc21. The molecule has 17 heavy (non-hydrogen) atoms. The van der Waals surface area contributed by atoms with Crippen LogP contribution in [0.15, 0.2) is 30.5 Å². The summed E-state index contributed by atoms with van der Waals surface area (Å²) in [4.78, 5) is 0. The van der Waals surface area contributed by atoms with E-state index in [-0.39, 0.29) is 0 Å². The van der Waals surface area contributed by atoms with Crippen LogP contribution in [-0.4, -0.2) is 11.1 Å². The van der Waals surface area contributed by atoms with E-state index in [1.807, 2.05) is 0 Å². The van der Waals surface area contributed by atoms with E-state index in [2.05, 4.69) is 41.1 Å². The highest BCUT2D eigenvalue weighted by Crippen LogP contribution is 2.18. The van der Waals surface area contributed by atoms with Crippen LogP contribution in [0, 0.1) is 11.3 Å². The van der Waals surface area contributed by atoms with Gasteiger partial charge in [-0.2, -0.15) is 5.26 Å². The second kappa shape index (κ2) is 5.51.